The number of aromatic nitrogens is 6. The molecule has 27 heavy (non-hydrogen) atoms. The highest BCUT2D eigenvalue weighted by molar-refractivity contribution is 5.83. The Labute approximate surface area is 155 Å². The Bertz CT molecular complexity index is 1040. The maximum absolute atomic E-state index is 12.9. The second-order valence-corrected chi connectivity index (χ2v) is 6.19. The van der Waals surface area contributed by atoms with Crippen LogP contribution in [0.4, 0.5) is 0 Å². The molecule has 0 aliphatic heterocycles. The van der Waals surface area contributed by atoms with E-state index in [9.17, 15) is 4.79 Å². The van der Waals surface area contributed by atoms with Crippen molar-refractivity contribution in [2.75, 3.05) is 6.54 Å². The van der Waals surface area contributed by atoms with Gasteiger partial charge in [0, 0.05) is 13.1 Å². The minimum Gasteiger partial charge on any atom is -0.352 e. The lowest BCUT2D eigenvalue weighted by Gasteiger charge is -2.17. The molecule has 0 bridgehead atoms. The van der Waals surface area contributed by atoms with Gasteiger partial charge in [-0.1, -0.05) is 42.5 Å². The van der Waals surface area contributed by atoms with Crippen molar-refractivity contribution >= 4 is 16.9 Å². The predicted octanol–water partition coefficient (Wildman–Crippen LogP) is 1.74. The molecule has 4 rings (SSSR count). The van der Waals surface area contributed by atoms with Gasteiger partial charge in [0.25, 0.3) is 0 Å². The zero-order valence-corrected chi connectivity index (χ0v) is 14.9. The van der Waals surface area contributed by atoms with Gasteiger partial charge in [-0.05, 0) is 35.0 Å². The van der Waals surface area contributed by atoms with Crippen LogP contribution in [0.3, 0.4) is 0 Å². The summed E-state index contributed by atoms with van der Waals surface area (Å²) in [7, 11) is 0. The Morgan fingerprint density at radius 2 is 1.89 bits per heavy atom. The van der Waals surface area contributed by atoms with E-state index in [1.54, 1.807) is 0 Å². The molecule has 2 aromatic heterocycles. The number of nitrogens with one attached hydrogen (secondary N) is 1. The number of imidazole rings is 1. The van der Waals surface area contributed by atoms with Crippen molar-refractivity contribution in [3.8, 4) is 0 Å². The van der Waals surface area contributed by atoms with Gasteiger partial charge in [0.15, 0.2) is 6.04 Å². The number of benzene rings is 2. The molecule has 0 aliphatic rings. The maximum atomic E-state index is 12.9. The second-order valence-electron chi connectivity index (χ2n) is 6.19. The van der Waals surface area contributed by atoms with Gasteiger partial charge >= 0.3 is 0 Å². The lowest BCUT2D eigenvalue weighted by Crippen LogP contribution is -2.35. The fourth-order valence-corrected chi connectivity index (χ4v) is 3.21. The van der Waals surface area contributed by atoms with Crippen LogP contribution in [-0.4, -0.2) is 42.2 Å². The monoisotopic (exact) mass is 361 g/mol. The molecule has 4 aromatic rings. The summed E-state index contributed by atoms with van der Waals surface area (Å²) < 4.78 is 3.56. The zero-order chi connectivity index (χ0) is 18.6. The SMILES string of the molecule is Cc1nc2ccccc2n1CCNC(=O)[C@H](c1ccccc1)n1cnnn1. The second kappa shape index (κ2) is 7.36. The fourth-order valence-electron chi connectivity index (χ4n) is 3.21. The van der Waals surface area contributed by atoms with E-state index in [0.29, 0.717) is 13.1 Å². The van der Waals surface area contributed by atoms with Gasteiger partial charge in [-0.25, -0.2) is 9.67 Å². The molecule has 8 heteroatoms. The summed E-state index contributed by atoms with van der Waals surface area (Å²) in [6, 6.07) is 16.8. The normalized spacial score (nSPS) is 12.2. The minimum absolute atomic E-state index is 0.157. The number of hydrogen-bond donors (Lipinski definition) is 1. The van der Waals surface area contributed by atoms with E-state index in [1.165, 1.54) is 11.0 Å². The summed E-state index contributed by atoms with van der Waals surface area (Å²) >= 11 is 0. The number of carbonyl (C=O) groups excluding carboxylic acids is 1. The lowest BCUT2D eigenvalue weighted by atomic mass is 10.1. The Kier molecular flexibility index (Phi) is 4.61. The van der Waals surface area contributed by atoms with Crippen molar-refractivity contribution in [1.29, 1.82) is 0 Å². The topological polar surface area (TPSA) is 90.5 Å². The van der Waals surface area contributed by atoms with Crippen LogP contribution >= 0.6 is 0 Å². The average molecular weight is 361 g/mol. The smallest absolute Gasteiger partial charge is 0.249 e. The number of fused-ring (bicyclic) bond motifs is 1. The average Bonchev–Trinajstić information content (AvgIpc) is 3.31. The van der Waals surface area contributed by atoms with Crippen molar-refractivity contribution < 1.29 is 4.79 Å². The third-order valence-corrected chi connectivity index (χ3v) is 4.47. The van der Waals surface area contributed by atoms with Gasteiger partial charge in [0.1, 0.15) is 12.2 Å². The van der Waals surface area contributed by atoms with Crippen molar-refractivity contribution in [2.45, 2.75) is 19.5 Å². The van der Waals surface area contributed by atoms with Crippen LogP contribution in [0.15, 0.2) is 60.9 Å². The van der Waals surface area contributed by atoms with E-state index in [2.05, 4.69) is 30.4 Å². The predicted molar refractivity (Wildman–Crippen MR) is 99.9 cm³/mol. The molecule has 0 unspecified atom stereocenters. The van der Waals surface area contributed by atoms with Crippen LogP contribution in [0.2, 0.25) is 0 Å². The van der Waals surface area contributed by atoms with Crippen LogP contribution in [0, 0.1) is 6.92 Å². The largest absolute Gasteiger partial charge is 0.352 e. The molecule has 0 radical (unpaired) electrons. The highest BCUT2D eigenvalue weighted by atomic mass is 16.2. The Balaban J connectivity index is 1.49. The van der Waals surface area contributed by atoms with E-state index in [0.717, 1.165) is 22.4 Å². The first-order chi connectivity index (χ1) is 13.2. The first-order valence-electron chi connectivity index (χ1n) is 8.71. The number of para-hydroxylation sites is 2. The van der Waals surface area contributed by atoms with Gasteiger partial charge in [-0.2, -0.15) is 0 Å². The third-order valence-electron chi connectivity index (χ3n) is 4.47. The van der Waals surface area contributed by atoms with Gasteiger partial charge in [-0.15, -0.1) is 5.10 Å². The maximum Gasteiger partial charge on any atom is 0.249 e. The van der Waals surface area contributed by atoms with Crippen LogP contribution in [0.25, 0.3) is 11.0 Å². The number of hydrogen-bond acceptors (Lipinski definition) is 5. The first-order valence-corrected chi connectivity index (χ1v) is 8.71. The van der Waals surface area contributed by atoms with E-state index in [4.69, 9.17) is 0 Å². The molecule has 8 nitrogen and oxygen atoms in total. The van der Waals surface area contributed by atoms with Crippen LogP contribution < -0.4 is 5.32 Å². The Morgan fingerprint density at radius 1 is 1.11 bits per heavy atom. The molecule has 2 aromatic carbocycles. The van der Waals surface area contributed by atoms with Crippen LogP contribution in [0.5, 0.6) is 0 Å². The third kappa shape index (κ3) is 3.41. The highest BCUT2D eigenvalue weighted by Gasteiger charge is 2.23. The molecular formula is C19H19N7O. The zero-order valence-electron chi connectivity index (χ0n) is 14.9. The van der Waals surface area contributed by atoms with Crippen LogP contribution in [-0.2, 0) is 11.3 Å². The van der Waals surface area contributed by atoms with Crippen molar-refractivity contribution in [3.63, 3.8) is 0 Å². The van der Waals surface area contributed by atoms with Gasteiger partial charge in [0.2, 0.25) is 5.91 Å². The lowest BCUT2D eigenvalue weighted by molar-refractivity contribution is -0.123. The molecular weight excluding hydrogens is 342 g/mol. The molecule has 0 saturated carbocycles. The summed E-state index contributed by atoms with van der Waals surface area (Å²) in [6.45, 7) is 3.08. The van der Waals surface area contributed by atoms with E-state index in [-0.39, 0.29) is 5.91 Å². The summed E-state index contributed by atoms with van der Waals surface area (Å²) in [6.07, 6.45) is 1.45. The summed E-state index contributed by atoms with van der Waals surface area (Å²) in [4.78, 5) is 17.4. The molecule has 2 heterocycles. The quantitative estimate of drug-likeness (QED) is 0.565. The number of aryl methyl sites for hydroxylation is 1. The summed E-state index contributed by atoms with van der Waals surface area (Å²) in [5.41, 5.74) is 2.84. The number of nitrogens with zero attached hydrogens (tertiary/aromatic N) is 6. The molecule has 136 valence electrons. The number of rotatable bonds is 6. The molecule has 1 amide bonds. The van der Waals surface area contributed by atoms with Gasteiger partial charge in [-0.3, -0.25) is 4.79 Å². The highest BCUT2D eigenvalue weighted by Crippen LogP contribution is 2.17. The van der Waals surface area contributed by atoms with E-state index in [1.807, 2.05) is 61.5 Å². The minimum atomic E-state index is -0.609. The van der Waals surface area contributed by atoms with E-state index < -0.39 is 6.04 Å². The first kappa shape index (κ1) is 16.9. The molecule has 1 atom stereocenters. The Hall–Kier alpha value is -3.55. The molecule has 0 aliphatic carbocycles. The Morgan fingerprint density at radius 3 is 2.67 bits per heavy atom. The number of amides is 1. The summed E-state index contributed by atoms with van der Waals surface area (Å²) in [5.74, 6) is 0.765. The summed E-state index contributed by atoms with van der Waals surface area (Å²) in [5, 5.41) is 14.2. The molecule has 0 saturated heterocycles. The molecule has 0 fully saturated rings. The fraction of sp³-hybridized carbons (Fsp3) is 0.211. The standard InChI is InChI=1S/C19H19N7O/c1-14-22-16-9-5-6-10-17(16)25(14)12-11-20-19(27)18(26-13-21-23-24-26)15-7-3-2-4-8-15/h2-10,13,18H,11-12H2,1H3,(H,20,27)/t18-/m0/s1. The molecule has 1 N–H and O–H groups in total. The van der Waals surface area contributed by atoms with Gasteiger partial charge < -0.3 is 9.88 Å². The van der Waals surface area contributed by atoms with Crippen LogP contribution in [0.1, 0.15) is 17.4 Å². The number of tetrazole rings is 1. The van der Waals surface area contributed by atoms with Gasteiger partial charge in [0.05, 0.1) is 11.0 Å². The number of carbonyl (C=O) groups is 1. The van der Waals surface area contributed by atoms with Crippen molar-refractivity contribution in [1.82, 2.24) is 35.1 Å². The van der Waals surface area contributed by atoms with Crippen molar-refractivity contribution in [3.05, 3.63) is 72.3 Å². The van der Waals surface area contributed by atoms with Crippen molar-refractivity contribution in [2.24, 2.45) is 0 Å². The molecule has 0 spiro atoms. The van der Waals surface area contributed by atoms with E-state index >= 15 is 0 Å².